The van der Waals surface area contributed by atoms with Gasteiger partial charge in [-0.15, -0.1) is 0 Å². The maximum Gasteiger partial charge on any atom is 0.0717 e. The Morgan fingerprint density at radius 2 is 2.10 bits per heavy atom. The van der Waals surface area contributed by atoms with E-state index in [1.54, 1.807) is 0 Å². The van der Waals surface area contributed by atoms with Crippen LogP contribution in [0, 0.1) is 5.41 Å². The lowest BCUT2D eigenvalue weighted by Gasteiger charge is -2.35. The standard InChI is InChI=1S/C18H27NO2/c1-2-18(14-20)12-16-8-9-17(18)19(16)10-11-21-13-15-6-4-3-5-7-15/h3-7,16-17,20H,2,8-14H2,1H3/t16-,17+,18-/m1/s1. The maximum atomic E-state index is 9.82. The number of ether oxygens (including phenoxy) is 1. The first-order valence-corrected chi connectivity index (χ1v) is 8.27. The molecular weight excluding hydrogens is 262 g/mol. The number of rotatable bonds is 7. The molecule has 2 bridgehead atoms. The van der Waals surface area contributed by atoms with Gasteiger partial charge in [-0.3, -0.25) is 4.90 Å². The highest BCUT2D eigenvalue weighted by atomic mass is 16.5. The van der Waals surface area contributed by atoms with Gasteiger partial charge in [-0.05, 0) is 31.2 Å². The molecule has 1 aromatic carbocycles. The predicted octanol–water partition coefficient (Wildman–Crippen LogP) is 2.83. The van der Waals surface area contributed by atoms with Crippen LogP contribution in [-0.4, -0.2) is 41.8 Å². The summed E-state index contributed by atoms with van der Waals surface area (Å²) in [4.78, 5) is 2.60. The molecule has 0 radical (unpaired) electrons. The second kappa shape index (κ2) is 6.47. The highest BCUT2D eigenvalue weighted by Crippen LogP contribution is 2.51. The molecule has 3 atom stereocenters. The van der Waals surface area contributed by atoms with Gasteiger partial charge in [0.1, 0.15) is 0 Å². The van der Waals surface area contributed by atoms with Crippen LogP contribution in [-0.2, 0) is 11.3 Å². The summed E-state index contributed by atoms with van der Waals surface area (Å²) in [7, 11) is 0. The Labute approximate surface area is 127 Å². The van der Waals surface area contributed by atoms with Crippen molar-refractivity contribution in [3.8, 4) is 0 Å². The van der Waals surface area contributed by atoms with Crippen molar-refractivity contribution in [3.05, 3.63) is 35.9 Å². The zero-order valence-electron chi connectivity index (χ0n) is 13.0. The van der Waals surface area contributed by atoms with Gasteiger partial charge in [0, 0.05) is 24.0 Å². The molecule has 1 N–H and O–H groups in total. The van der Waals surface area contributed by atoms with Crippen LogP contribution in [0.4, 0.5) is 0 Å². The lowest BCUT2D eigenvalue weighted by Crippen LogP contribution is -2.40. The zero-order valence-corrected chi connectivity index (χ0v) is 13.0. The number of aliphatic hydroxyl groups is 1. The maximum absolute atomic E-state index is 9.82. The van der Waals surface area contributed by atoms with Gasteiger partial charge < -0.3 is 9.84 Å². The van der Waals surface area contributed by atoms with Crippen LogP contribution in [0.5, 0.6) is 0 Å². The van der Waals surface area contributed by atoms with Gasteiger partial charge in [0.05, 0.1) is 19.8 Å². The fourth-order valence-corrected chi connectivity index (χ4v) is 4.35. The molecule has 0 aliphatic carbocycles. The molecule has 3 rings (SSSR count). The molecule has 0 amide bonds. The van der Waals surface area contributed by atoms with Crippen molar-refractivity contribution in [1.82, 2.24) is 4.90 Å². The first kappa shape index (κ1) is 15.0. The highest BCUT2D eigenvalue weighted by molar-refractivity contribution is 5.13. The molecule has 2 fully saturated rings. The smallest absolute Gasteiger partial charge is 0.0717 e. The summed E-state index contributed by atoms with van der Waals surface area (Å²) >= 11 is 0. The van der Waals surface area contributed by atoms with E-state index in [0.29, 0.717) is 25.3 Å². The van der Waals surface area contributed by atoms with E-state index < -0.39 is 0 Å². The third-order valence-corrected chi connectivity index (χ3v) is 5.62. The fourth-order valence-electron chi connectivity index (χ4n) is 4.35. The summed E-state index contributed by atoms with van der Waals surface area (Å²) in [6, 6.07) is 11.6. The van der Waals surface area contributed by atoms with Gasteiger partial charge in [0.15, 0.2) is 0 Å². The second-order valence-corrected chi connectivity index (χ2v) is 6.60. The van der Waals surface area contributed by atoms with Crippen molar-refractivity contribution < 1.29 is 9.84 Å². The molecule has 2 aliphatic rings. The summed E-state index contributed by atoms with van der Waals surface area (Å²) < 4.78 is 5.84. The van der Waals surface area contributed by atoms with E-state index in [2.05, 4.69) is 36.1 Å². The van der Waals surface area contributed by atoms with Gasteiger partial charge in [0.25, 0.3) is 0 Å². The number of benzene rings is 1. The van der Waals surface area contributed by atoms with Crippen LogP contribution in [0.15, 0.2) is 30.3 Å². The minimum absolute atomic E-state index is 0.155. The number of nitrogens with zero attached hydrogens (tertiary/aromatic N) is 1. The van der Waals surface area contributed by atoms with E-state index in [4.69, 9.17) is 4.74 Å². The monoisotopic (exact) mass is 289 g/mol. The first-order valence-electron chi connectivity index (χ1n) is 8.27. The van der Waals surface area contributed by atoms with Gasteiger partial charge in [-0.2, -0.15) is 0 Å². The van der Waals surface area contributed by atoms with Crippen molar-refractivity contribution in [3.63, 3.8) is 0 Å². The van der Waals surface area contributed by atoms with Gasteiger partial charge >= 0.3 is 0 Å². The van der Waals surface area contributed by atoms with Crippen molar-refractivity contribution in [2.75, 3.05) is 19.8 Å². The highest BCUT2D eigenvalue weighted by Gasteiger charge is 2.54. The van der Waals surface area contributed by atoms with Gasteiger partial charge in [-0.1, -0.05) is 37.3 Å². The van der Waals surface area contributed by atoms with E-state index in [0.717, 1.165) is 19.6 Å². The molecule has 3 nitrogen and oxygen atoms in total. The van der Waals surface area contributed by atoms with E-state index in [9.17, 15) is 5.11 Å². The Balaban J connectivity index is 1.48. The molecule has 0 saturated carbocycles. The molecule has 0 unspecified atom stereocenters. The lowest BCUT2D eigenvalue weighted by atomic mass is 9.72. The Morgan fingerprint density at radius 1 is 1.29 bits per heavy atom. The molecule has 116 valence electrons. The fraction of sp³-hybridized carbons (Fsp3) is 0.667. The molecule has 2 saturated heterocycles. The van der Waals surface area contributed by atoms with Crippen LogP contribution >= 0.6 is 0 Å². The molecular formula is C18H27NO2. The molecule has 2 heterocycles. The number of hydrogen-bond acceptors (Lipinski definition) is 3. The molecule has 21 heavy (non-hydrogen) atoms. The zero-order chi connectivity index (χ0) is 14.7. The van der Waals surface area contributed by atoms with E-state index >= 15 is 0 Å². The third-order valence-electron chi connectivity index (χ3n) is 5.62. The van der Waals surface area contributed by atoms with Crippen LogP contribution in [0.3, 0.4) is 0 Å². The Hall–Kier alpha value is -0.900. The largest absolute Gasteiger partial charge is 0.396 e. The minimum Gasteiger partial charge on any atom is -0.396 e. The average molecular weight is 289 g/mol. The molecule has 1 aromatic rings. The average Bonchev–Trinajstić information content (AvgIpc) is 3.07. The Morgan fingerprint density at radius 3 is 2.76 bits per heavy atom. The van der Waals surface area contributed by atoms with Crippen LogP contribution in [0.1, 0.15) is 38.2 Å². The Kier molecular flexibility index (Phi) is 4.63. The van der Waals surface area contributed by atoms with Crippen molar-refractivity contribution in [2.45, 2.75) is 51.3 Å². The third kappa shape index (κ3) is 2.87. The number of fused-ring (bicyclic) bond motifs is 2. The number of aliphatic hydroxyl groups excluding tert-OH is 1. The summed E-state index contributed by atoms with van der Waals surface area (Å²) in [6.07, 6.45) is 4.80. The summed E-state index contributed by atoms with van der Waals surface area (Å²) in [6.45, 7) is 5.05. The molecule has 0 aromatic heterocycles. The minimum atomic E-state index is 0.155. The summed E-state index contributed by atoms with van der Waals surface area (Å²) in [5, 5.41) is 9.82. The predicted molar refractivity (Wildman–Crippen MR) is 84.0 cm³/mol. The van der Waals surface area contributed by atoms with Crippen molar-refractivity contribution in [2.24, 2.45) is 5.41 Å². The van der Waals surface area contributed by atoms with Crippen LogP contribution in [0.25, 0.3) is 0 Å². The van der Waals surface area contributed by atoms with Crippen LogP contribution in [0.2, 0.25) is 0 Å². The SMILES string of the molecule is CC[C@]1(CO)C[C@H]2CC[C@@H]1N2CCOCc1ccccc1. The molecule has 2 aliphatic heterocycles. The van der Waals surface area contributed by atoms with E-state index in [-0.39, 0.29) is 5.41 Å². The van der Waals surface area contributed by atoms with E-state index in [1.165, 1.54) is 24.8 Å². The first-order chi connectivity index (χ1) is 10.3. The van der Waals surface area contributed by atoms with Gasteiger partial charge in [0.2, 0.25) is 0 Å². The Bertz CT molecular complexity index is 444. The van der Waals surface area contributed by atoms with Crippen LogP contribution < -0.4 is 0 Å². The summed E-state index contributed by atoms with van der Waals surface area (Å²) in [5.74, 6) is 0. The normalized spacial score (nSPS) is 31.9. The van der Waals surface area contributed by atoms with E-state index in [1.807, 2.05) is 6.07 Å². The summed E-state index contributed by atoms with van der Waals surface area (Å²) in [5.41, 5.74) is 1.39. The topological polar surface area (TPSA) is 32.7 Å². The second-order valence-electron chi connectivity index (χ2n) is 6.60. The van der Waals surface area contributed by atoms with Crippen molar-refractivity contribution in [1.29, 1.82) is 0 Å². The number of hydrogen-bond donors (Lipinski definition) is 1. The van der Waals surface area contributed by atoms with Crippen molar-refractivity contribution >= 4 is 0 Å². The molecule has 0 spiro atoms. The quantitative estimate of drug-likeness (QED) is 0.784. The molecule has 3 heteroatoms. The lowest BCUT2D eigenvalue weighted by molar-refractivity contribution is 0.0539. The van der Waals surface area contributed by atoms with Gasteiger partial charge in [-0.25, -0.2) is 0 Å².